The minimum Gasteiger partial charge on any atom is -0.390 e. The second-order valence-corrected chi connectivity index (χ2v) is 11.7. The molecule has 2 aliphatic heterocycles. The van der Waals surface area contributed by atoms with E-state index >= 15 is 0 Å². The Morgan fingerprint density at radius 2 is 2.00 bits per heavy atom. The van der Waals surface area contributed by atoms with Crippen molar-refractivity contribution in [3.05, 3.63) is 33.8 Å². The molecule has 0 aromatic carbocycles. The fraction of sp³-hybridized carbons (Fsp3) is 0.536. The summed E-state index contributed by atoms with van der Waals surface area (Å²) in [6.45, 7) is 13.3. The first-order valence-electron chi connectivity index (χ1n) is 13.2. The first-order valence-corrected chi connectivity index (χ1v) is 14.0. The molecule has 0 bridgehead atoms. The van der Waals surface area contributed by atoms with E-state index in [4.69, 9.17) is 5.73 Å². The molecule has 2 aliphatic rings. The molecule has 8 heteroatoms. The van der Waals surface area contributed by atoms with Crippen molar-refractivity contribution in [3.8, 4) is 11.3 Å². The Kier molecular flexibility index (Phi) is 7.17. The molecule has 5 heterocycles. The molecule has 36 heavy (non-hydrogen) atoms. The van der Waals surface area contributed by atoms with Crippen LogP contribution < -0.4 is 5.73 Å². The van der Waals surface area contributed by atoms with E-state index in [1.807, 2.05) is 24.5 Å². The lowest BCUT2D eigenvalue weighted by Crippen LogP contribution is -2.43. The zero-order valence-corrected chi connectivity index (χ0v) is 22.7. The maximum Gasteiger partial charge on any atom is 0.236 e. The molecule has 0 aliphatic carbocycles. The normalized spacial score (nSPS) is 17.9. The minimum atomic E-state index is 0. The van der Waals surface area contributed by atoms with Gasteiger partial charge in [0.2, 0.25) is 5.91 Å². The van der Waals surface area contributed by atoms with Crippen LogP contribution in [0.1, 0.15) is 74.4 Å². The highest BCUT2D eigenvalue weighted by molar-refractivity contribution is 7.19. The predicted molar refractivity (Wildman–Crippen MR) is 152 cm³/mol. The van der Waals surface area contributed by atoms with Gasteiger partial charge in [-0.1, -0.05) is 13.8 Å². The van der Waals surface area contributed by atoms with Crippen molar-refractivity contribution < 1.29 is 6.22 Å². The third kappa shape index (κ3) is 4.68. The number of nitrogens with one attached hydrogen (secondary N) is 1. The standard InChI is InChI=1S/C28H38N6OS.H2/c1-17(2)23-24-19(4)26(20-7-11-34(12-8-20)22(35)15-33-9-5-6-10-33)36-28(24)32-25(23)21-13-18(3)27(30-14-21)31-16-29;/h13-14,16-17,20,32H,5-12,15H2,1-4H3,(H2,29,30,31);1H. The van der Waals surface area contributed by atoms with Crippen LogP contribution >= 0.6 is 11.3 Å². The topological polar surface area (TPSA) is 90.6 Å². The summed E-state index contributed by atoms with van der Waals surface area (Å²) < 4.78 is 0. The maximum absolute atomic E-state index is 12.8. The number of aryl methyl sites for hydroxylation is 2. The van der Waals surface area contributed by atoms with Gasteiger partial charge in [0.15, 0.2) is 5.82 Å². The summed E-state index contributed by atoms with van der Waals surface area (Å²) in [6.07, 6.45) is 7.73. The number of hydrogen-bond donors (Lipinski definition) is 2. The molecule has 0 spiro atoms. The molecular formula is C28H40N6OS. The Bertz CT molecular complexity index is 1280. The van der Waals surface area contributed by atoms with Crippen molar-refractivity contribution in [1.82, 2.24) is 19.8 Å². The van der Waals surface area contributed by atoms with Crippen LogP contribution in [0.15, 0.2) is 17.3 Å². The maximum atomic E-state index is 12.8. The summed E-state index contributed by atoms with van der Waals surface area (Å²) in [7, 11) is 0. The van der Waals surface area contributed by atoms with Crippen molar-refractivity contribution in [2.75, 3.05) is 32.7 Å². The largest absolute Gasteiger partial charge is 0.390 e. The number of amides is 1. The molecule has 3 aromatic heterocycles. The third-order valence-corrected chi connectivity index (χ3v) is 9.22. The van der Waals surface area contributed by atoms with Crippen molar-refractivity contribution >= 4 is 39.6 Å². The van der Waals surface area contributed by atoms with Gasteiger partial charge in [0.1, 0.15) is 4.83 Å². The van der Waals surface area contributed by atoms with Gasteiger partial charge in [-0.15, -0.1) is 11.3 Å². The molecule has 194 valence electrons. The number of H-pyrrole nitrogens is 1. The van der Waals surface area contributed by atoms with Crippen LogP contribution in [0.2, 0.25) is 0 Å². The lowest BCUT2D eigenvalue weighted by Gasteiger charge is -2.33. The fourth-order valence-electron chi connectivity index (χ4n) is 5.98. The SMILES string of the molecule is Cc1cc(-c2[nH]c3sc(C4CCN(C(=O)CN5CCCC5)CC4)c(C)c3c2C(C)C)cnc1N=CN.[HH]. The highest BCUT2D eigenvalue weighted by Gasteiger charge is 2.30. The Morgan fingerprint density at radius 3 is 2.64 bits per heavy atom. The van der Waals surface area contributed by atoms with E-state index in [0.29, 0.717) is 30.1 Å². The average Bonchev–Trinajstić information content (AvgIpc) is 3.58. The summed E-state index contributed by atoms with van der Waals surface area (Å²) >= 11 is 1.90. The highest BCUT2D eigenvalue weighted by Crippen LogP contribution is 2.46. The Balaban J connectivity index is 0.00000320. The number of nitrogens with zero attached hydrogens (tertiary/aromatic N) is 4. The Hall–Kier alpha value is -2.71. The van der Waals surface area contributed by atoms with E-state index in [1.54, 1.807) is 0 Å². The molecule has 7 nitrogen and oxygen atoms in total. The summed E-state index contributed by atoms with van der Waals surface area (Å²) in [5.41, 5.74) is 11.5. The molecular weight excluding hydrogens is 468 g/mol. The zero-order chi connectivity index (χ0) is 25.4. The molecule has 2 fully saturated rings. The molecule has 5 rings (SSSR count). The van der Waals surface area contributed by atoms with E-state index < -0.39 is 0 Å². The molecule has 0 saturated carbocycles. The van der Waals surface area contributed by atoms with Crippen LogP contribution in [0, 0.1) is 13.8 Å². The van der Waals surface area contributed by atoms with Gasteiger partial charge < -0.3 is 15.6 Å². The van der Waals surface area contributed by atoms with Crippen LogP contribution in [0.4, 0.5) is 5.82 Å². The molecule has 0 unspecified atom stereocenters. The number of carbonyl (C=O) groups excluding carboxylic acids is 1. The fourth-order valence-corrected chi connectivity index (χ4v) is 7.37. The van der Waals surface area contributed by atoms with Crippen LogP contribution in [0.5, 0.6) is 0 Å². The second-order valence-electron chi connectivity index (χ2n) is 10.6. The average molecular weight is 509 g/mol. The van der Waals surface area contributed by atoms with Gasteiger partial charge in [-0.25, -0.2) is 9.98 Å². The Morgan fingerprint density at radius 1 is 1.28 bits per heavy atom. The van der Waals surface area contributed by atoms with Crippen LogP contribution in [-0.2, 0) is 4.79 Å². The summed E-state index contributed by atoms with van der Waals surface area (Å²) in [6, 6.07) is 2.14. The number of aromatic nitrogens is 2. The molecule has 0 radical (unpaired) electrons. The van der Waals surface area contributed by atoms with Gasteiger partial charge in [0.05, 0.1) is 18.6 Å². The van der Waals surface area contributed by atoms with Gasteiger partial charge >= 0.3 is 0 Å². The number of likely N-dealkylation sites (tertiary alicyclic amines) is 2. The number of thiophene rings is 1. The van der Waals surface area contributed by atoms with Gasteiger partial charge in [-0.3, -0.25) is 9.69 Å². The van der Waals surface area contributed by atoms with Crippen molar-refractivity contribution in [2.24, 2.45) is 10.7 Å². The van der Waals surface area contributed by atoms with Crippen molar-refractivity contribution in [2.45, 2.75) is 65.2 Å². The van der Waals surface area contributed by atoms with E-state index in [1.165, 1.54) is 45.4 Å². The van der Waals surface area contributed by atoms with E-state index in [9.17, 15) is 4.79 Å². The number of carbonyl (C=O) groups is 1. The van der Waals surface area contributed by atoms with Gasteiger partial charge in [-0.05, 0) is 87.2 Å². The van der Waals surface area contributed by atoms with Gasteiger partial charge in [0, 0.05) is 36.5 Å². The van der Waals surface area contributed by atoms with E-state index in [0.717, 1.165) is 55.8 Å². The summed E-state index contributed by atoms with van der Waals surface area (Å²) in [4.78, 5) is 32.4. The lowest BCUT2D eigenvalue weighted by atomic mass is 9.90. The number of hydrogen-bond acceptors (Lipinski definition) is 5. The monoisotopic (exact) mass is 508 g/mol. The number of pyridine rings is 1. The molecule has 1 amide bonds. The van der Waals surface area contributed by atoms with Crippen molar-refractivity contribution in [1.29, 1.82) is 0 Å². The Labute approximate surface area is 219 Å². The number of nitrogens with two attached hydrogens (primary N) is 1. The third-order valence-electron chi connectivity index (χ3n) is 7.85. The summed E-state index contributed by atoms with van der Waals surface area (Å²) in [5.74, 6) is 1.86. The van der Waals surface area contributed by atoms with Gasteiger partial charge in [0.25, 0.3) is 0 Å². The minimum absolute atomic E-state index is 0. The van der Waals surface area contributed by atoms with E-state index in [2.05, 4.69) is 51.6 Å². The quantitative estimate of drug-likeness (QED) is 0.330. The van der Waals surface area contributed by atoms with Crippen LogP contribution in [-0.4, -0.2) is 64.7 Å². The van der Waals surface area contributed by atoms with Crippen molar-refractivity contribution in [3.63, 3.8) is 0 Å². The molecule has 2 saturated heterocycles. The predicted octanol–water partition coefficient (Wildman–Crippen LogP) is 5.70. The number of aromatic amines is 1. The van der Waals surface area contributed by atoms with E-state index in [-0.39, 0.29) is 1.43 Å². The lowest BCUT2D eigenvalue weighted by molar-refractivity contribution is -0.133. The summed E-state index contributed by atoms with van der Waals surface area (Å²) in [5, 5.41) is 1.37. The first kappa shape index (κ1) is 25.0. The highest BCUT2D eigenvalue weighted by atomic mass is 32.1. The number of aliphatic imine (C=N–C) groups is 1. The zero-order valence-electron chi connectivity index (χ0n) is 21.9. The smallest absolute Gasteiger partial charge is 0.236 e. The number of rotatable bonds is 6. The second kappa shape index (κ2) is 10.3. The molecule has 0 atom stereocenters. The number of fused-ring (bicyclic) bond motifs is 1. The molecule has 3 aromatic rings. The number of piperidine rings is 1. The first-order chi connectivity index (χ1) is 17.4. The van der Waals surface area contributed by atoms with Gasteiger partial charge in [-0.2, -0.15) is 0 Å². The molecule has 3 N–H and O–H groups in total. The van der Waals surface area contributed by atoms with Crippen LogP contribution in [0.25, 0.3) is 21.5 Å². The van der Waals surface area contributed by atoms with Crippen LogP contribution in [0.3, 0.4) is 0 Å².